The molecule has 18 heavy (non-hydrogen) atoms. The Hall–Kier alpha value is -1.69. The third kappa shape index (κ3) is 3.16. The third-order valence-electron chi connectivity index (χ3n) is 2.42. The molecule has 0 spiro atoms. The van der Waals surface area contributed by atoms with E-state index in [1.165, 1.54) is 0 Å². The average molecular weight is 310 g/mol. The normalized spacial score (nSPS) is 10.3. The van der Waals surface area contributed by atoms with Gasteiger partial charge in [0.05, 0.1) is 0 Å². The van der Waals surface area contributed by atoms with Crippen LogP contribution in [0.4, 0.5) is 0 Å². The van der Waals surface area contributed by atoms with Gasteiger partial charge in [-0.15, -0.1) is 0 Å². The number of nitrogens with one attached hydrogen (secondary N) is 1. The summed E-state index contributed by atoms with van der Waals surface area (Å²) in [5.41, 5.74) is 0.883. The zero-order valence-corrected chi connectivity index (χ0v) is 11.4. The minimum absolute atomic E-state index is 0.0432. The summed E-state index contributed by atoms with van der Waals surface area (Å²) in [6.07, 6.45) is 0.793. The smallest absolute Gasteiger partial charge is 0.227 e. The number of hydrogen-bond donors (Lipinski definition) is 1. The van der Waals surface area contributed by atoms with Crippen LogP contribution in [0.5, 0.6) is 0 Å². The van der Waals surface area contributed by atoms with Crippen LogP contribution in [-0.4, -0.2) is 23.1 Å². The summed E-state index contributed by atoms with van der Waals surface area (Å²) in [5, 5.41) is 6.43. The summed E-state index contributed by atoms with van der Waals surface area (Å²) in [4.78, 5) is 15.3. The Morgan fingerprint density at radius 3 is 2.78 bits per heavy atom. The first-order valence-corrected chi connectivity index (χ1v) is 6.27. The zero-order chi connectivity index (χ0) is 13.0. The van der Waals surface area contributed by atoms with Gasteiger partial charge in [0.2, 0.25) is 17.6 Å². The molecule has 2 aromatic rings. The van der Waals surface area contributed by atoms with Gasteiger partial charge < -0.3 is 9.84 Å². The highest BCUT2D eigenvalue weighted by Crippen LogP contribution is 2.19. The highest BCUT2D eigenvalue weighted by atomic mass is 79.9. The minimum Gasteiger partial charge on any atom is -0.359 e. The molecule has 1 aromatic heterocycles. The highest BCUT2D eigenvalue weighted by molar-refractivity contribution is 9.10. The van der Waals surface area contributed by atoms with Crippen LogP contribution in [0.3, 0.4) is 0 Å². The molecule has 0 fully saturated rings. The topological polar surface area (TPSA) is 68.0 Å². The Kier molecular flexibility index (Phi) is 4.09. The number of benzene rings is 1. The van der Waals surface area contributed by atoms with E-state index in [4.69, 9.17) is 4.52 Å². The van der Waals surface area contributed by atoms with Crippen molar-refractivity contribution in [2.45, 2.75) is 12.8 Å². The Morgan fingerprint density at radius 1 is 1.39 bits per heavy atom. The second-order valence-electron chi connectivity index (χ2n) is 3.69. The predicted octanol–water partition coefficient (Wildman–Crippen LogP) is 2.18. The lowest BCUT2D eigenvalue weighted by atomic mass is 10.2. The van der Waals surface area contributed by atoms with Crippen LogP contribution >= 0.6 is 15.9 Å². The lowest BCUT2D eigenvalue weighted by molar-refractivity contribution is -0.120. The van der Waals surface area contributed by atoms with Gasteiger partial charge in [0, 0.05) is 29.9 Å². The van der Waals surface area contributed by atoms with Crippen LogP contribution in [0, 0.1) is 0 Å². The Labute approximate surface area is 113 Å². The van der Waals surface area contributed by atoms with Gasteiger partial charge in [0.15, 0.2) is 0 Å². The van der Waals surface area contributed by atoms with Crippen LogP contribution in [0.15, 0.2) is 33.3 Å². The lowest BCUT2D eigenvalue weighted by Crippen LogP contribution is -2.17. The number of hydrogen-bond acceptors (Lipinski definition) is 4. The van der Waals surface area contributed by atoms with Crippen molar-refractivity contribution < 1.29 is 9.32 Å². The van der Waals surface area contributed by atoms with Crippen molar-refractivity contribution in [3.8, 4) is 11.4 Å². The minimum atomic E-state index is -0.0432. The number of amides is 1. The van der Waals surface area contributed by atoms with E-state index in [0.29, 0.717) is 24.6 Å². The van der Waals surface area contributed by atoms with E-state index in [-0.39, 0.29) is 5.91 Å². The van der Waals surface area contributed by atoms with Crippen LogP contribution in [-0.2, 0) is 11.2 Å². The maximum absolute atomic E-state index is 11.1. The van der Waals surface area contributed by atoms with Crippen LogP contribution in [0.25, 0.3) is 11.4 Å². The summed E-state index contributed by atoms with van der Waals surface area (Å²) < 4.78 is 6.09. The van der Waals surface area contributed by atoms with E-state index in [0.717, 1.165) is 10.0 Å². The number of rotatable bonds is 4. The van der Waals surface area contributed by atoms with Crippen molar-refractivity contribution >= 4 is 21.8 Å². The standard InChI is InChI=1S/C12H12BrN3O2/c1-14-10(17)6-7-11-15-12(16-18-11)8-2-4-9(13)5-3-8/h2-5H,6-7H2,1H3,(H,14,17). The molecule has 0 aliphatic carbocycles. The number of aromatic nitrogens is 2. The Balaban J connectivity index is 2.06. The molecule has 0 aliphatic rings. The fraction of sp³-hybridized carbons (Fsp3) is 0.250. The van der Waals surface area contributed by atoms with Crippen LogP contribution in [0.1, 0.15) is 12.3 Å². The zero-order valence-electron chi connectivity index (χ0n) is 9.81. The number of nitrogens with zero attached hydrogens (tertiary/aromatic N) is 2. The molecule has 0 saturated carbocycles. The van der Waals surface area contributed by atoms with Crippen molar-refractivity contribution in [3.63, 3.8) is 0 Å². The molecule has 1 amide bonds. The predicted molar refractivity (Wildman–Crippen MR) is 69.8 cm³/mol. The molecule has 0 radical (unpaired) electrons. The van der Waals surface area contributed by atoms with Gasteiger partial charge in [0.25, 0.3) is 0 Å². The molecule has 5 nitrogen and oxygen atoms in total. The molecule has 6 heteroatoms. The summed E-state index contributed by atoms with van der Waals surface area (Å²) in [7, 11) is 1.60. The van der Waals surface area contributed by atoms with E-state index in [1.807, 2.05) is 24.3 Å². The van der Waals surface area contributed by atoms with Gasteiger partial charge >= 0.3 is 0 Å². The largest absolute Gasteiger partial charge is 0.359 e. The Morgan fingerprint density at radius 2 is 2.11 bits per heavy atom. The average Bonchev–Trinajstić information content (AvgIpc) is 2.85. The number of carbonyl (C=O) groups is 1. The summed E-state index contributed by atoms with van der Waals surface area (Å²) in [6, 6.07) is 7.63. The molecule has 1 N–H and O–H groups in total. The summed E-state index contributed by atoms with van der Waals surface area (Å²) >= 11 is 3.36. The fourth-order valence-corrected chi connectivity index (χ4v) is 1.68. The van der Waals surface area contributed by atoms with Gasteiger partial charge in [-0.3, -0.25) is 4.79 Å². The number of aryl methyl sites for hydroxylation is 1. The maximum atomic E-state index is 11.1. The van der Waals surface area contributed by atoms with Crippen molar-refractivity contribution in [1.82, 2.24) is 15.5 Å². The molecule has 1 heterocycles. The van der Waals surface area contributed by atoms with Gasteiger partial charge in [-0.25, -0.2) is 0 Å². The van der Waals surface area contributed by atoms with E-state index >= 15 is 0 Å². The van der Waals surface area contributed by atoms with Crippen molar-refractivity contribution in [1.29, 1.82) is 0 Å². The van der Waals surface area contributed by atoms with E-state index in [2.05, 4.69) is 31.4 Å². The summed E-state index contributed by atoms with van der Waals surface area (Å²) in [5.74, 6) is 0.962. The molecular formula is C12H12BrN3O2. The van der Waals surface area contributed by atoms with Crippen molar-refractivity contribution in [3.05, 3.63) is 34.6 Å². The first-order chi connectivity index (χ1) is 8.69. The van der Waals surface area contributed by atoms with Gasteiger partial charge in [0.1, 0.15) is 0 Å². The quantitative estimate of drug-likeness (QED) is 0.940. The molecule has 2 rings (SSSR count). The molecular weight excluding hydrogens is 298 g/mol. The number of halogens is 1. The van der Waals surface area contributed by atoms with Crippen molar-refractivity contribution in [2.24, 2.45) is 0 Å². The van der Waals surface area contributed by atoms with Gasteiger partial charge in [-0.1, -0.05) is 21.1 Å². The van der Waals surface area contributed by atoms with Crippen LogP contribution < -0.4 is 5.32 Å². The SMILES string of the molecule is CNC(=O)CCc1nc(-c2ccc(Br)cc2)no1. The number of carbonyl (C=O) groups excluding carboxylic acids is 1. The molecule has 0 bridgehead atoms. The van der Waals surface area contributed by atoms with E-state index in [1.54, 1.807) is 7.05 Å². The first-order valence-electron chi connectivity index (χ1n) is 5.48. The van der Waals surface area contributed by atoms with Gasteiger partial charge in [-0.05, 0) is 24.3 Å². The second-order valence-corrected chi connectivity index (χ2v) is 4.61. The first kappa shape index (κ1) is 12.8. The van der Waals surface area contributed by atoms with Crippen molar-refractivity contribution in [2.75, 3.05) is 7.05 Å². The van der Waals surface area contributed by atoms with E-state index in [9.17, 15) is 4.79 Å². The fourth-order valence-electron chi connectivity index (χ4n) is 1.42. The molecule has 94 valence electrons. The second kappa shape index (κ2) is 5.77. The third-order valence-corrected chi connectivity index (χ3v) is 2.94. The molecule has 1 aromatic carbocycles. The maximum Gasteiger partial charge on any atom is 0.227 e. The lowest BCUT2D eigenvalue weighted by Gasteiger charge is -1.95. The van der Waals surface area contributed by atoms with Gasteiger partial charge in [-0.2, -0.15) is 4.98 Å². The summed E-state index contributed by atoms with van der Waals surface area (Å²) in [6.45, 7) is 0. The van der Waals surface area contributed by atoms with Crippen LogP contribution in [0.2, 0.25) is 0 Å². The highest BCUT2D eigenvalue weighted by Gasteiger charge is 2.09. The monoisotopic (exact) mass is 309 g/mol. The Bertz CT molecular complexity index is 537. The molecule has 0 aliphatic heterocycles. The molecule has 0 unspecified atom stereocenters. The van der Waals surface area contributed by atoms with E-state index < -0.39 is 0 Å². The molecule has 0 saturated heterocycles. The molecule has 0 atom stereocenters.